The van der Waals surface area contributed by atoms with E-state index in [4.69, 9.17) is 14.9 Å². The second-order valence-electron chi connectivity index (χ2n) is 8.82. The van der Waals surface area contributed by atoms with Gasteiger partial charge in [-0.3, -0.25) is 4.79 Å². The van der Waals surface area contributed by atoms with Crippen LogP contribution in [0.25, 0.3) is 0 Å². The van der Waals surface area contributed by atoms with Gasteiger partial charge in [0, 0.05) is 0 Å². The third-order valence-corrected chi connectivity index (χ3v) is 10.5. The number of aliphatic hydroxyl groups excluding tert-OH is 1. The molecule has 0 spiro atoms. The first-order valence-electron chi connectivity index (χ1n) is 10.6. The number of hydrogen-bond donors (Lipinski definition) is 3. The summed E-state index contributed by atoms with van der Waals surface area (Å²) in [6, 6.07) is 17.7. The van der Waals surface area contributed by atoms with Gasteiger partial charge in [0.2, 0.25) is 5.91 Å². The van der Waals surface area contributed by atoms with Crippen LogP contribution in [-0.2, 0) is 18.8 Å². The van der Waals surface area contributed by atoms with Gasteiger partial charge >= 0.3 is 5.97 Å². The Morgan fingerprint density at radius 1 is 1.03 bits per heavy atom. The molecule has 0 radical (unpaired) electrons. The summed E-state index contributed by atoms with van der Waals surface area (Å²) in [7, 11) is -1.66. The molecule has 3 unspecified atom stereocenters. The van der Waals surface area contributed by atoms with Crippen molar-refractivity contribution in [2.75, 3.05) is 13.7 Å². The maximum absolute atomic E-state index is 12.5. The molecule has 2 aromatic rings. The van der Waals surface area contributed by atoms with Crippen molar-refractivity contribution in [2.45, 2.75) is 50.9 Å². The molecular weight excluding hydrogens is 424 g/mol. The van der Waals surface area contributed by atoms with Gasteiger partial charge in [0.1, 0.15) is 12.1 Å². The van der Waals surface area contributed by atoms with Gasteiger partial charge in [-0.2, -0.15) is 0 Å². The molecule has 0 fully saturated rings. The zero-order valence-corrected chi connectivity index (χ0v) is 20.4. The highest BCUT2D eigenvalue weighted by Crippen LogP contribution is 2.36. The Labute approximate surface area is 191 Å². The van der Waals surface area contributed by atoms with Crippen LogP contribution in [0.15, 0.2) is 60.7 Å². The summed E-state index contributed by atoms with van der Waals surface area (Å²) in [5, 5.41) is 14.0. The van der Waals surface area contributed by atoms with Crippen molar-refractivity contribution in [1.82, 2.24) is 5.32 Å². The molecule has 32 heavy (non-hydrogen) atoms. The number of amides is 1. The highest BCUT2D eigenvalue weighted by atomic mass is 28.4. The molecule has 0 aliphatic rings. The second-order valence-corrected chi connectivity index (χ2v) is 13.1. The van der Waals surface area contributed by atoms with Crippen LogP contribution in [0.2, 0.25) is 5.04 Å². The molecule has 1 amide bonds. The van der Waals surface area contributed by atoms with Gasteiger partial charge in [0.15, 0.2) is 0 Å². The largest absolute Gasteiger partial charge is 0.467 e. The topological polar surface area (TPSA) is 111 Å². The molecular formula is C24H34N2O5Si. The van der Waals surface area contributed by atoms with Crippen LogP contribution in [0.5, 0.6) is 0 Å². The Balaban J connectivity index is 2.48. The molecule has 4 N–H and O–H groups in total. The molecule has 0 aliphatic carbocycles. The highest BCUT2D eigenvalue weighted by Gasteiger charge is 2.50. The predicted molar refractivity (Wildman–Crippen MR) is 127 cm³/mol. The molecule has 0 aliphatic heterocycles. The lowest BCUT2D eigenvalue weighted by molar-refractivity contribution is -0.146. The Bertz CT molecular complexity index is 845. The van der Waals surface area contributed by atoms with Crippen LogP contribution in [0.4, 0.5) is 0 Å². The van der Waals surface area contributed by atoms with Crippen LogP contribution in [0.3, 0.4) is 0 Å². The van der Waals surface area contributed by atoms with E-state index in [0.717, 1.165) is 10.4 Å². The summed E-state index contributed by atoms with van der Waals surface area (Å²) in [6.45, 7) is 7.67. The standard InChI is InChI=1S/C24H34N2O5Si/c1-17(27)21(25)22(28)26-20(23(29)30-5)16-31-32(24(2,3)4,18-12-8-6-9-13-18)19-14-10-7-11-15-19/h6-15,17,20-21,27H,16,25H2,1-5H3,(H,26,28). The van der Waals surface area contributed by atoms with E-state index in [0.29, 0.717) is 0 Å². The lowest BCUT2D eigenvalue weighted by atomic mass is 10.1. The highest BCUT2D eigenvalue weighted by molar-refractivity contribution is 6.99. The predicted octanol–water partition coefficient (Wildman–Crippen LogP) is 0.929. The first kappa shape index (κ1) is 25.7. The smallest absolute Gasteiger partial charge is 0.330 e. The van der Waals surface area contributed by atoms with Crippen LogP contribution in [0, 0.1) is 0 Å². The number of carbonyl (C=O) groups is 2. The van der Waals surface area contributed by atoms with Crippen LogP contribution in [-0.4, -0.2) is 57.2 Å². The Kier molecular flexibility index (Phi) is 8.74. The lowest BCUT2D eigenvalue weighted by Gasteiger charge is -2.43. The van der Waals surface area contributed by atoms with Crippen molar-refractivity contribution >= 4 is 30.6 Å². The average molecular weight is 459 g/mol. The number of nitrogens with two attached hydrogens (primary N) is 1. The molecule has 0 aromatic heterocycles. The molecule has 2 rings (SSSR count). The number of esters is 1. The number of nitrogens with one attached hydrogen (secondary N) is 1. The van der Waals surface area contributed by atoms with E-state index in [9.17, 15) is 14.7 Å². The second kappa shape index (κ2) is 10.9. The number of rotatable bonds is 9. The molecule has 8 heteroatoms. The van der Waals surface area contributed by atoms with E-state index in [2.05, 4.69) is 26.1 Å². The molecule has 7 nitrogen and oxygen atoms in total. The van der Waals surface area contributed by atoms with E-state index in [1.54, 1.807) is 0 Å². The summed E-state index contributed by atoms with van der Waals surface area (Å²) >= 11 is 0. The van der Waals surface area contributed by atoms with E-state index >= 15 is 0 Å². The quantitative estimate of drug-likeness (QED) is 0.381. The maximum Gasteiger partial charge on any atom is 0.330 e. The van der Waals surface area contributed by atoms with Crippen LogP contribution >= 0.6 is 0 Å². The fourth-order valence-corrected chi connectivity index (χ4v) is 8.34. The van der Waals surface area contributed by atoms with Crippen molar-refractivity contribution < 1.29 is 23.9 Å². The van der Waals surface area contributed by atoms with E-state index in [1.807, 2.05) is 60.7 Å². The lowest BCUT2D eigenvalue weighted by Crippen LogP contribution is -2.68. The fraction of sp³-hybridized carbons (Fsp3) is 0.417. The molecule has 2 aromatic carbocycles. The minimum Gasteiger partial charge on any atom is -0.467 e. The summed E-state index contributed by atoms with van der Waals surface area (Å²) < 4.78 is 11.6. The van der Waals surface area contributed by atoms with Crippen molar-refractivity contribution in [2.24, 2.45) is 5.73 Å². The molecule has 0 saturated heterocycles. The van der Waals surface area contributed by atoms with Crippen LogP contribution < -0.4 is 21.4 Å². The van der Waals surface area contributed by atoms with E-state index in [-0.39, 0.29) is 11.6 Å². The summed E-state index contributed by atoms with van der Waals surface area (Å²) in [6.07, 6.45) is -1.06. The van der Waals surface area contributed by atoms with Gasteiger partial charge in [-0.05, 0) is 22.3 Å². The number of aliphatic hydroxyl groups is 1. The van der Waals surface area contributed by atoms with Gasteiger partial charge in [0.25, 0.3) is 8.32 Å². The van der Waals surface area contributed by atoms with E-state index < -0.39 is 38.4 Å². The number of carbonyl (C=O) groups excluding carboxylic acids is 2. The number of ether oxygens (including phenoxy) is 1. The molecule has 174 valence electrons. The summed E-state index contributed by atoms with van der Waals surface area (Å²) in [4.78, 5) is 24.9. The average Bonchev–Trinajstić information content (AvgIpc) is 2.77. The van der Waals surface area contributed by atoms with Gasteiger partial charge < -0.3 is 25.3 Å². The monoisotopic (exact) mass is 458 g/mol. The number of methoxy groups -OCH3 is 1. The Morgan fingerprint density at radius 3 is 1.88 bits per heavy atom. The third kappa shape index (κ3) is 5.63. The maximum atomic E-state index is 12.5. The normalized spacial score (nSPS) is 14.8. The molecule has 0 bridgehead atoms. The SMILES string of the molecule is COC(=O)C(CO[Si](c1ccccc1)(c1ccccc1)C(C)(C)C)NC(=O)C(N)C(C)O. The van der Waals surface area contributed by atoms with Crippen LogP contribution in [0.1, 0.15) is 27.7 Å². The Morgan fingerprint density at radius 2 is 1.50 bits per heavy atom. The van der Waals surface area contributed by atoms with Crippen molar-refractivity contribution in [3.05, 3.63) is 60.7 Å². The zero-order valence-electron chi connectivity index (χ0n) is 19.4. The number of hydrogen-bond acceptors (Lipinski definition) is 6. The first-order chi connectivity index (χ1) is 15.0. The minimum atomic E-state index is -2.91. The van der Waals surface area contributed by atoms with Gasteiger partial charge in [-0.1, -0.05) is 81.4 Å². The van der Waals surface area contributed by atoms with Gasteiger partial charge in [0.05, 0.1) is 19.8 Å². The van der Waals surface area contributed by atoms with Crippen molar-refractivity contribution in [1.29, 1.82) is 0 Å². The van der Waals surface area contributed by atoms with Gasteiger partial charge in [-0.15, -0.1) is 0 Å². The third-order valence-electron chi connectivity index (χ3n) is 5.51. The summed E-state index contributed by atoms with van der Waals surface area (Å²) in [5.74, 6) is -1.30. The molecule has 0 saturated carbocycles. The first-order valence-corrected chi connectivity index (χ1v) is 12.5. The van der Waals surface area contributed by atoms with Gasteiger partial charge in [-0.25, -0.2) is 4.79 Å². The zero-order chi connectivity index (χ0) is 23.9. The Hall–Kier alpha value is -2.52. The number of benzene rings is 2. The van der Waals surface area contributed by atoms with Crippen molar-refractivity contribution in [3.63, 3.8) is 0 Å². The molecule has 3 atom stereocenters. The van der Waals surface area contributed by atoms with Crippen molar-refractivity contribution in [3.8, 4) is 0 Å². The summed E-state index contributed by atoms with van der Waals surface area (Å²) in [5.41, 5.74) is 5.74. The molecule has 0 heterocycles. The fourth-order valence-electron chi connectivity index (χ4n) is 3.77. The minimum absolute atomic E-state index is 0.0990. The van der Waals surface area contributed by atoms with E-state index in [1.165, 1.54) is 14.0 Å².